The second-order valence-corrected chi connectivity index (χ2v) is 4.34. The van der Waals surface area contributed by atoms with Gasteiger partial charge in [-0.1, -0.05) is 54.6 Å². The van der Waals surface area contributed by atoms with Crippen molar-refractivity contribution >= 4 is 5.78 Å². The number of carbonyl (C=O) groups is 1. The van der Waals surface area contributed by atoms with Gasteiger partial charge in [0.25, 0.3) is 0 Å². The summed E-state index contributed by atoms with van der Waals surface area (Å²) < 4.78 is 0. The standard InChI is InChI=1S/C15H16O3/c16-10-13(15(18)12-8-4-5-9-12)14(17)11-6-2-1-3-7-11/h1-9,12-14,16-17H,10H2/t13-,14+/m0/s1. The number of benzene rings is 1. The molecule has 0 saturated carbocycles. The second-order valence-electron chi connectivity index (χ2n) is 4.34. The summed E-state index contributed by atoms with van der Waals surface area (Å²) in [4.78, 5) is 12.2. The van der Waals surface area contributed by atoms with Crippen molar-refractivity contribution in [2.24, 2.45) is 11.8 Å². The Bertz CT molecular complexity index is 450. The lowest BCUT2D eigenvalue weighted by atomic mass is 9.87. The number of Topliss-reactive ketones (excluding diaryl/α,β-unsaturated/α-hetero) is 1. The van der Waals surface area contributed by atoms with Crippen LogP contribution in [0.3, 0.4) is 0 Å². The maximum absolute atomic E-state index is 12.2. The number of ketones is 1. The van der Waals surface area contributed by atoms with Crippen molar-refractivity contribution in [2.45, 2.75) is 6.10 Å². The van der Waals surface area contributed by atoms with E-state index in [0.717, 1.165) is 0 Å². The van der Waals surface area contributed by atoms with Gasteiger partial charge in [0.15, 0.2) is 5.78 Å². The molecule has 94 valence electrons. The number of hydrogen-bond acceptors (Lipinski definition) is 3. The fourth-order valence-electron chi connectivity index (χ4n) is 2.10. The zero-order chi connectivity index (χ0) is 13.0. The third-order valence-electron chi connectivity index (χ3n) is 3.16. The van der Waals surface area contributed by atoms with E-state index >= 15 is 0 Å². The maximum atomic E-state index is 12.2. The fourth-order valence-corrected chi connectivity index (χ4v) is 2.10. The third kappa shape index (κ3) is 2.58. The Balaban J connectivity index is 2.15. The molecular formula is C15H16O3. The molecule has 2 atom stereocenters. The summed E-state index contributed by atoms with van der Waals surface area (Å²) >= 11 is 0. The predicted molar refractivity (Wildman–Crippen MR) is 68.8 cm³/mol. The molecule has 1 aliphatic carbocycles. The van der Waals surface area contributed by atoms with Gasteiger partial charge in [-0.05, 0) is 5.56 Å². The molecule has 2 N–H and O–H groups in total. The number of rotatable bonds is 5. The van der Waals surface area contributed by atoms with Gasteiger partial charge < -0.3 is 10.2 Å². The highest BCUT2D eigenvalue weighted by atomic mass is 16.3. The Kier molecular flexibility index (Phi) is 4.07. The van der Waals surface area contributed by atoms with E-state index in [1.165, 1.54) is 0 Å². The van der Waals surface area contributed by atoms with Gasteiger partial charge in [-0.2, -0.15) is 0 Å². The van der Waals surface area contributed by atoms with Crippen molar-refractivity contribution < 1.29 is 15.0 Å². The Morgan fingerprint density at radius 3 is 2.33 bits per heavy atom. The van der Waals surface area contributed by atoms with Gasteiger partial charge in [0.2, 0.25) is 0 Å². The van der Waals surface area contributed by atoms with Crippen molar-refractivity contribution in [3.63, 3.8) is 0 Å². The minimum Gasteiger partial charge on any atom is -0.396 e. The maximum Gasteiger partial charge on any atom is 0.151 e. The minimum atomic E-state index is -0.967. The Hall–Kier alpha value is -1.71. The number of carbonyl (C=O) groups excluding carboxylic acids is 1. The molecule has 18 heavy (non-hydrogen) atoms. The van der Waals surface area contributed by atoms with E-state index in [9.17, 15) is 15.0 Å². The lowest BCUT2D eigenvalue weighted by molar-refractivity contribution is -0.129. The molecule has 0 aromatic heterocycles. The topological polar surface area (TPSA) is 57.5 Å². The van der Waals surface area contributed by atoms with Crippen LogP contribution in [0.15, 0.2) is 54.6 Å². The van der Waals surface area contributed by atoms with Crippen LogP contribution in [0.4, 0.5) is 0 Å². The van der Waals surface area contributed by atoms with Crippen LogP contribution in [0.2, 0.25) is 0 Å². The van der Waals surface area contributed by atoms with Crippen LogP contribution in [0.25, 0.3) is 0 Å². The van der Waals surface area contributed by atoms with Crippen molar-refractivity contribution in [1.29, 1.82) is 0 Å². The summed E-state index contributed by atoms with van der Waals surface area (Å²) in [5, 5.41) is 19.5. The molecule has 0 aliphatic heterocycles. The van der Waals surface area contributed by atoms with Gasteiger partial charge in [-0.15, -0.1) is 0 Å². The highest BCUT2D eigenvalue weighted by Gasteiger charge is 2.30. The number of aliphatic hydroxyl groups is 2. The molecule has 0 saturated heterocycles. The summed E-state index contributed by atoms with van der Waals surface area (Å²) in [7, 11) is 0. The first-order valence-corrected chi connectivity index (χ1v) is 5.96. The molecule has 0 bridgehead atoms. The van der Waals surface area contributed by atoms with E-state index in [4.69, 9.17) is 0 Å². The average molecular weight is 244 g/mol. The van der Waals surface area contributed by atoms with Crippen molar-refractivity contribution in [3.8, 4) is 0 Å². The molecule has 0 fully saturated rings. The number of allylic oxidation sites excluding steroid dienone is 4. The molecule has 1 aromatic carbocycles. The van der Waals surface area contributed by atoms with E-state index in [2.05, 4.69) is 0 Å². The molecular weight excluding hydrogens is 228 g/mol. The van der Waals surface area contributed by atoms with E-state index < -0.39 is 12.0 Å². The lowest BCUT2D eigenvalue weighted by Crippen LogP contribution is -2.29. The van der Waals surface area contributed by atoms with Gasteiger partial charge in [0, 0.05) is 0 Å². The van der Waals surface area contributed by atoms with Crippen molar-refractivity contribution in [2.75, 3.05) is 6.61 Å². The van der Waals surface area contributed by atoms with Gasteiger partial charge in [0.1, 0.15) is 0 Å². The first kappa shape index (κ1) is 12.7. The minimum absolute atomic E-state index is 0.154. The second kappa shape index (κ2) is 5.76. The number of hydrogen-bond donors (Lipinski definition) is 2. The molecule has 0 unspecified atom stereocenters. The van der Waals surface area contributed by atoms with E-state index in [0.29, 0.717) is 5.56 Å². The smallest absolute Gasteiger partial charge is 0.151 e. The Morgan fingerprint density at radius 1 is 1.17 bits per heavy atom. The van der Waals surface area contributed by atoms with E-state index in [-0.39, 0.29) is 18.3 Å². The monoisotopic (exact) mass is 244 g/mol. The van der Waals surface area contributed by atoms with Crippen LogP contribution >= 0.6 is 0 Å². The zero-order valence-corrected chi connectivity index (χ0v) is 9.94. The highest BCUT2D eigenvalue weighted by Crippen LogP contribution is 2.26. The molecule has 0 amide bonds. The summed E-state index contributed by atoms with van der Waals surface area (Å²) in [5.74, 6) is -1.27. The zero-order valence-electron chi connectivity index (χ0n) is 9.94. The Morgan fingerprint density at radius 2 is 1.78 bits per heavy atom. The van der Waals surface area contributed by atoms with Crippen LogP contribution in [0.5, 0.6) is 0 Å². The average Bonchev–Trinajstić information content (AvgIpc) is 2.94. The Labute approximate surface area is 106 Å². The van der Waals surface area contributed by atoms with Crippen LogP contribution in [0.1, 0.15) is 11.7 Å². The van der Waals surface area contributed by atoms with Gasteiger partial charge in [-0.25, -0.2) is 0 Å². The summed E-state index contributed by atoms with van der Waals surface area (Å²) in [5.41, 5.74) is 0.649. The fraction of sp³-hybridized carbons (Fsp3) is 0.267. The van der Waals surface area contributed by atoms with Crippen molar-refractivity contribution in [3.05, 3.63) is 60.2 Å². The van der Waals surface area contributed by atoms with E-state index in [1.807, 2.05) is 6.07 Å². The SMILES string of the molecule is O=C(C1C=CC=C1)[C@@H](CO)[C@H](O)c1ccccc1. The molecule has 0 radical (unpaired) electrons. The molecule has 2 rings (SSSR count). The molecule has 1 aromatic rings. The quantitative estimate of drug-likeness (QED) is 0.827. The molecule has 0 spiro atoms. The van der Waals surface area contributed by atoms with Crippen LogP contribution < -0.4 is 0 Å². The summed E-state index contributed by atoms with van der Waals surface area (Å²) in [6.45, 7) is -0.354. The molecule has 0 heterocycles. The van der Waals surface area contributed by atoms with Gasteiger partial charge >= 0.3 is 0 Å². The largest absolute Gasteiger partial charge is 0.396 e. The van der Waals surface area contributed by atoms with Crippen molar-refractivity contribution in [1.82, 2.24) is 0 Å². The molecule has 3 nitrogen and oxygen atoms in total. The van der Waals surface area contributed by atoms with Crippen LogP contribution in [0, 0.1) is 11.8 Å². The van der Waals surface area contributed by atoms with Gasteiger partial charge in [0.05, 0.1) is 24.5 Å². The first-order chi connectivity index (χ1) is 8.74. The third-order valence-corrected chi connectivity index (χ3v) is 3.16. The predicted octanol–water partition coefficient (Wildman–Crippen LogP) is 1.64. The van der Waals surface area contributed by atoms with Crippen LogP contribution in [-0.4, -0.2) is 22.6 Å². The molecule has 1 aliphatic rings. The summed E-state index contributed by atoms with van der Waals surface area (Å²) in [6, 6.07) is 8.94. The normalized spacial score (nSPS) is 17.9. The highest BCUT2D eigenvalue weighted by molar-refractivity contribution is 5.88. The molecule has 3 heteroatoms. The van der Waals surface area contributed by atoms with Crippen LogP contribution in [-0.2, 0) is 4.79 Å². The lowest BCUT2D eigenvalue weighted by Gasteiger charge is -2.21. The number of aliphatic hydroxyl groups excluding tert-OH is 2. The van der Waals surface area contributed by atoms with E-state index in [1.54, 1.807) is 48.6 Å². The summed E-state index contributed by atoms with van der Waals surface area (Å²) in [6.07, 6.45) is 6.16. The van der Waals surface area contributed by atoms with Gasteiger partial charge in [-0.3, -0.25) is 4.79 Å². The first-order valence-electron chi connectivity index (χ1n) is 5.96.